The van der Waals surface area contributed by atoms with E-state index in [1.54, 1.807) is 36.4 Å². The summed E-state index contributed by atoms with van der Waals surface area (Å²) in [6.07, 6.45) is 1.58. The first kappa shape index (κ1) is 22.4. The van der Waals surface area contributed by atoms with Crippen LogP contribution in [0.25, 0.3) is 6.08 Å². The molecule has 0 unspecified atom stereocenters. The van der Waals surface area contributed by atoms with Crippen molar-refractivity contribution in [3.63, 3.8) is 0 Å². The van der Waals surface area contributed by atoms with E-state index in [0.717, 1.165) is 5.56 Å². The van der Waals surface area contributed by atoms with Crippen LogP contribution in [-0.2, 0) is 14.9 Å². The topological polar surface area (TPSA) is 73.9 Å². The molecule has 0 aliphatic carbocycles. The highest BCUT2D eigenvalue weighted by molar-refractivity contribution is 6.03. The maximum absolute atomic E-state index is 12.8. The second-order valence-electron chi connectivity index (χ2n) is 8.94. The number of nitrogens with one attached hydrogen (secondary N) is 1. The van der Waals surface area contributed by atoms with Crippen LogP contribution in [0.5, 0.6) is 11.5 Å². The molecule has 0 atom stereocenters. The Morgan fingerprint density at radius 1 is 1.06 bits per heavy atom. The van der Waals surface area contributed by atoms with E-state index in [0.29, 0.717) is 22.6 Å². The van der Waals surface area contributed by atoms with Crippen molar-refractivity contribution in [2.75, 3.05) is 13.4 Å². The molecule has 1 heterocycles. The van der Waals surface area contributed by atoms with Gasteiger partial charge in [-0.15, -0.1) is 0 Å². The molecule has 164 valence electrons. The van der Waals surface area contributed by atoms with Crippen LogP contribution in [0.15, 0.2) is 48.2 Å². The Bertz CT molecular complexity index is 984. The molecular formula is C25H29NO5. The maximum Gasteiger partial charge on any atom is 0.354 e. The van der Waals surface area contributed by atoms with E-state index in [1.807, 2.05) is 26.0 Å². The number of hydrogen-bond donors (Lipinski definition) is 1. The van der Waals surface area contributed by atoms with Crippen LogP contribution in [-0.4, -0.2) is 25.3 Å². The number of carbonyl (C=O) groups is 2. The van der Waals surface area contributed by atoms with E-state index in [1.165, 1.54) is 0 Å². The zero-order valence-corrected chi connectivity index (χ0v) is 18.7. The number of carbonyl (C=O) groups excluding carboxylic acids is 2. The number of ether oxygens (including phenoxy) is 3. The second kappa shape index (κ2) is 9.25. The summed E-state index contributed by atoms with van der Waals surface area (Å²) in [6, 6.07) is 12.7. The Kier molecular flexibility index (Phi) is 6.68. The third kappa shape index (κ3) is 5.87. The fourth-order valence-corrected chi connectivity index (χ4v) is 2.95. The molecule has 3 rings (SSSR count). The number of rotatable bonds is 6. The zero-order valence-electron chi connectivity index (χ0n) is 18.7. The maximum atomic E-state index is 12.8. The van der Waals surface area contributed by atoms with Gasteiger partial charge in [0, 0.05) is 5.56 Å². The van der Waals surface area contributed by atoms with Gasteiger partial charge in [-0.05, 0) is 52.8 Å². The molecule has 6 nitrogen and oxygen atoms in total. The predicted octanol–water partition coefficient (Wildman–Crippen LogP) is 4.68. The summed E-state index contributed by atoms with van der Waals surface area (Å²) < 4.78 is 16.1. The zero-order chi connectivity index (χ0) is 22.6. The molecule has 2 aromatic rings. The first-order valence-corrected chi connectivity index (χ1v) is 10.3. The summed E-state index contributed by atoms with van der Waals surface area (Å²) in [5.74, 6) is 0.438. The number of amides is 1. The summed E-state index contributed by atoms with van der Waals surface area (Å²) in [4.78, 5) is 25.5. The van der Waals surface area contributed by atoms with Gasteiger partial charge in [-0.25, -0.2) is 4.79 Å². The van der Waals surface area contributed by atoms with E-state index in [-0.39, 0.29) is 36.3 Å². The van der Waals surface area contributed by atoms with Gasteiger partial charge in [-0.2, -0.15) is 0 Å². The Morgan fingerprint density at radius 2 is 1.74 bits per heavy atom. The molecule has 0 fully saturated rings. The van der Waals surface area contributed by atoms with Gasteiger partial charge >= 0.3 is 5.97 Å². The molecule has 1 aliphatic heterocycles. The van der Waals surface area contributed by atoms with Crippen molar-refractivity contribution in [2.45, 2.75) is 40.0 Å². The van der Waals surface area contributed by atoms with Crippen LogP contribution in [0.4, 0.5) is 0 Å². The molecule has 1 aliphatic rings. The predicted molar refractivity (Wildman–Crippen MR) is 119 cm³/mol. The van der Waals surface area contributed by atoms with E-state index in [4.69, 9.17) is 14.2 Å². The average molecular weight is 424 g/mol. The molecule has 1 N–H and O–H groups in total. The number of esters is 1. The number of hydrogen-bond acceptors (Lipinski definition) is 5. The van der Waals surface area contributed by atoms with Crippen LogP contribution in [0.3, 0.4) is 0 Å². The van der Waals surface area contributed by atoms with Gasteiger partial charge in [0.25, 0.3) is 5.91 Å². The van der Waals surface area contributed by atoms with E-state index >= 15 is 0 Å². The smallest absolute Gasteiger partial charge is 0.354 e. The minimum absolute atomic E-state index is 0.0138. The summed E-state index contributed by atoms with van der Waals surface area (Å²) in [5, 5.41) is 2.71. The highest BCUT2D eigenvalue weighted by atomic mass is 16.7. The molecular weight excluding hydrogens is 394 g/mol. The minimum atomic E-state index is -0.592. The van der Waals surface area contributed by atoms with Crippen molar-refractivity contribution in [1.29, 1.82) is 0 Å². The van der Waals surface area contributed by atoms with Crippen LogP contribution >= 0.6 is 0 Å². The molecule has 0 saturated carbocycles. The molecule has 0 bridgehead atoms. The largest absolute Gasteiger partial charge is 0.461 e. The SMILES string of the molecule is CC(C)COC(=O)C(=Cc1ccc2c(c1)OCO2)NC(=O)c1ccc(C(C)(C)C)cc1. The van der Waals surface area contributed by atoms with Gasteiger partial charge in [-0.1, -0.05) is 52.8 Å². The van der Waals surface area contributed by atoms with E-state index in [2.05, 4.69) is 26.1 Å². The van der Waals surface area contributed by atoms with Gasteiger partial charge < -0.3 is 19.5 Å². The Morgan fingerprint density at radius 3 is 2.39 bits per heavy atom. The fourth-order valence-electron chi connectivity index (χ4n) is 2.95. The lowest BCUT2D eigenvalue weighted by Gasteiger charge is -2.19. The van der Waals surface area contributed by atoms with Crippen LogP contribution in [0.2, 0.25) is 0 Å². The van der Waals surface area contributed by atoms with Gasteiger partial charge in [0.15, 0.2) is 11.5 Å². The fraction of sp³-hybridized carbons (Fsp3) is 0.360. The van der Waals surface area contributed by atoms with Gasteiger partial charge in [0.05, 0.1) is 6.61 Å². The molecule has 0 radical (unpaired) electrons. The highest BCUT2D eigenvalue weighted by Crippen LogP contribution is 2.33. The van der Waals surface area contributed by atoms with Crippen molar-refractivity contribution < 1.29 is 23.8 Å². The summed E-state index contributed by atoms with van der Waals surface area (Å²) >= 11 is 0. The summed E-state index contributed by atoms with van der Waals surface area (Å²) in [6.45, 7) is 10.6. The van der Waals surface area contributed by atoms with E-state index in [9.17, 15) is 9.59 Å². The number of benzene rings is 2. The van der Waals surface area contributed by atoms with Crippen LogP contribution in [0, 0.1) is 5.92 Å². The molecule has 0 saturated heterocycles. The van der Waals surface area contributed by atoms with Crippen molar-refractivity contribution in [1.82, 2.24) is 5.32 Å². The highest BCUT2D eigenvalue weighted by Gasteiger charge is 2.19. The van der Waals surface area contributed by atoms with Crippen LogP contribution < -0.4 is 14.8 Å². The third-order valence-electron chi connectivity index (χ3n) is 4.74. The molecule has 6 heteroatoms. The van der Waals surface area contributed by atoms with Gasteiger partial charge in [-0.3, -0.25) is 4.79 Å². The summed E-state index contributed by atoms with van der Waals surface area (Å²) in [7, 11) is 0. The Hall–Kier alpha value is -3.28. The molecule has 0 spiro atoms. The lowest BCUT2D eigenvalue weighted by Crippen LogP contribution is -2.29. The average Bonchev–Trinajstić information content (AvgIpc) is 3.18. The van der Waals surface area contributed by atoms with Crippen molar-refractivity contribution in [2.24, 2.45) is 5.92 Å². The molecule has 2 aromatic carbocycles. The number of fused-ring (bicyclic) bond motifs is 1. The summed E-state index contributed by atoms with van der Waals surface area (Å²) in [5.41, 5.74) is 2.31. The first-order valence-electron chi connectivity index (χ1n) is 10.3. The molecule has 1 amide bonds. The Balaban J connectivity index is 1.84. The standard InChI is InChI=1S/C25H29NO5/c1-16(2)14-29-24(28)20(12-17-6-11-21-22(13-17)31-15-30-21)26-23(27)18-7-9-19(10-8-18)25(3,4)5/h6-13,16H,14-15H2,1-5H3,(H,26,27). The van der Waals surface area contributed by atoms with Gasteiger partial charge in [0.2, 0.25) is 6.79 Å². The van der Waals surface area contributed by atoms with Crippen LogP contribution in [0.1, 0.15) is 56.1 Å². The lowest BCUT2D eigenvalue weighted by atomic mass is 9.87. The monoisotopic (exact) mass is 423 g/mol. The normalized spacial score (nSPS) is 13.3. The molecule has 31 heavy (non-hydrogen) atoms. The minimum Gasteiger partial charge on any atom is -0.461 e. The van der Waals surface area contributed by atoms with Gasteiger partial charge in [0.1, 0.15) is 5.70 Å². The van der Waals surface area contributed by atoms with E-state index < -0.39 is 5.97 Å². The van der Waals surface area contributed by atoms with Crippen molar-refractivity contribution >= 4 is 18.0 Å². The second-order valence-corrected chi connectivity index (χ2v) is 8.94. The lowest BCUT2D eigenvalue weighted by molar-refractivity contribution is -0.140. The first-order chi connectivity index (χ1) is 14.6. The van der Waals surface area contributed by atoms with Crippen molar-refractivity contribution in [3.05, 3.63) is 64.9 Å². The Labute approximate surface area is 183 Å². The van der Waals surface area contributed by atoms with Crippen molar-refractivity contribution in [3.8, 4) is 11.5 Å². The quantitative estimate of drug-likeness (QED) is 0.539. The molecule has 0 aromatic heterocycles. The third-order valence-corrected chi connectivity index (χ3v) is 4.74.